The van der Waals surface area contributed by atoms with Crippen LogP contribution in [0.2, 0.25) is 0 Å². The van der Waals surface area contributed by atoms with Gasteiger partial charge in [-0.2, -0.15) is 9.50 Å². The predicted octanol–water partition coefficient (Wildman–Crippen LogP) is 3.45. The number of aromatic nitrogens is 4. The molecular formula is C24H23N5O2S. The number of carbonyl (C=O) groups is 1. The van der Waals surface area contributed by atoms with Crippen LogP contribution in [0.25, 0.3) is 21.9 Å². The highest BCUT2D eigenvalue weighted by Crippen LogP contribution is 2.35. The van der Waals surface area contributed by atoms with Gasteiger partial charge in [0.15, 0.2) is 5.82 Å². The quantitative estimate of drug-likeness (QED) is 0.407. The molecule has 8 heteroatoms. The Morgan fingerprint density at radius 2 is 1.84 bits per heavy atom. The summed E-state index contributed by atoms with van der Waals surface area (Å²) in [6, 6.07) is 11.3. The van der Waals surface area contributed by atoms with Crippen molar-refractivity contribution < 1.29 is 4.79 Å². The number of pyridine rings is 1. The number of benzene rings is 1. The van der Waals surface area contributed by atoms with Gasteiger partial charge in [0.2, 0.25) is 4.96 Å². The number of hydrogen-bond donors (Lipinski definition) is 0. The standard InChI is InChI=1S/C24H23N5O2S/c1-2-3-4-5-8-14-28-18-12-7-6-11-17(18)19(22(28)30)20-23(31)29-24(32-20)26-21(27-29)16-10-9-13-25-15-16/h6-7,9-13,15H,2-5,8,14H2,1H3/b20-19-. The van der Waals surface area contributed by atoms with Crippen molar-refractivity contribution in [3.05, 3.63) is 69.2 Å². The summed E-state index contributed by atoms with van der Waals surface area (Å²) >= 11 is 1.21. The zero-order chi connectivity index (χ0) is 22.1. The monoisotopic (exact) mass is 445 g/mol. The number of para-hydroxylation sites is 1. The lowest BCUT2D eigenvalue weighted by atomic mass is 10.1. The lowest BCUT2D eigenvalue weighted by Gasteiger charge is -2.16. The number of amides is 1. The molecule has 0 saturated carbocycles. The smallest absolute Gasteiger partial charge is 0.291 e. The molecule has 0 fully saturated rings. The molecule has 0 N–H and O–H groups in total. The molecule has 1 aromatic carbocycles. The zero-order valence-electron chi connectivity index (χ0n) is 17.8. The second-order valence-corrected chi connectivity index (χ2v) is 8.85. The third kappa shape index (κ3) is 3.50. The van der Waals surface area contributed by atoms with Crippen LogP contribution < -0.4 is 15.0 Å². The van der Waals surface area contributed by atoms with Crippen LogP contribution in [0.4, 0.5) is 5.69 Å². The number of thiazole rings is 1. The minimum atomic E-state index is -0.310. The van der Waals surface area contributed by atoms with Crippen molar-refractivity contribution in [3.8, 4) is 11.4 Å². The Morgan fingerprint density at radius 3 is 2.62 bits per heavy atom. The van der Waals surface area contributed by atoms with Crippen molar-refractivity contribution >= 4 is 33.5 Å². The first-order valence-corrected chi connectivity index (χ1v) is 11.8. The van der Waals surface area contributed by atoms with Crippen molar-refractivity contribution in [1.29, 1.82) is 0 Å². The molecule has 0 spiro atoms. The van der Waals surface area contributed by atoms with Crippen molar-refractivity contribution in [1.82, 2.24) is 19.6 Å². The average molecular weight is 446 g/mol. The Balaban J connectivity index is 1.55. The summed E-state index contributed by atoms with van der Waals surface area (Å²) in [6.45, 7) is 2.84. The van der Waals surface area contributed by atoms with Gasteiger partial charge in [-0.15, -0.1) is 5.10 Å². The van der Waals surface area contributed by atoms with Crippen LogP contribution in [0, 0.1) is 0 Å². The molecule has 4 heterocycles. The van der Waals surface area contributed by atoms with Crippen LogP contribution >= 0.6 is 11.3 Å². The third-order valence-electron chi connectivity index (χ3n) is 5.71. The van der Waals surface area contributed by atoms with E-state index in [1.807, 2.05) is 35.2 Å². The molecule has 162 valence electrons. The summed E-state index contributed by atoms with van der Waals surface area (Å²) in [4.78, 5) is 37.5. The minimum absolute atomic E-state index is 0.115. The van der Waals surface area contributed by atoms with E-state index in [9.17, 15) is 9.59 Å². The molecule has 1 aliphatic heterocycles. The molecule has 4 aromatic rings. The van der Waals surface area contributed by atoms with E-state index in [2.05, 4.69) is 22.0 Å². The van der Waals surface area contributed by atoms with Gasteiger partial charge in [-0.1, -0.05) is 62.1 Å². The highest BCUT2D eigenvalue weighted by molar-refractivity contribution is 7.15. The molecule has 1 amide bonds. The third-order valence-corrected chi connectivity index (χ3v) is 6.74. The fourth-order valence-electron chi connectivity index (χ4n) is 4.10. The summed E-state index contributed by atoms with van der Waals surface area (Å²) < 4.78 is 1.68. The van der Waals surface area contributed by atoms with Crippen LogP contribution in [0.1, 0.15) is 44.6 Å². The molecule has 0 radical (unpaired) electrons. The molecule has 0 aliphatic carbocycles. The van der Waals surface area contributed by atoms with Crippen LogP contribution in [0.3, 0.4) is 0 Å². The van der Waals surface area contributed by atoms with Gasteiger partial charge in [-0.05, 0) is 24.6 Å². The number of anilines is 1. The maximum Gasteiger partial charge on any atom is 0.291 e. The van der Waals surface area contributed by atoms with E-state index in [1.165, 1.54) is 35.1 Å². The molecule has 32 heavy (non-hydrogen) atoms. The Hall–Kier alpha value is -3.39. The van der Waals surface area contributed by atoms with Gasteiger partial charge < -0.3 is 4.90 Å². The SMILES string of the molecule is CCCCCCCN1C(=O)/C(=c2\sc3nc(-c4cccnc4)nn3c2=O)c2ccccc21. The summed E-state index contributed by atoms with van der Waals surface area (Å²) in [7, 11) is 0. The van der Waals surface area contributed by atoms with Gasteiger partial charge in [0.25, 0.3) is 11.5 Å². The topological polar surface area (TPSA) is 80.5 Å². The molecule has 0 unspecified atom stereocenters. The van der Waals surface area contributed by atoms with E-state index >= 15 is 0 Å². The molecule has 1 aliphatic rings. The maximum absolute atomic E-state index is 13.4. The van der Waals surface area contributed by atoms with Crippen LogP contribution in [-0.2, 0) is 4.79 Å². The lowest BCUT2D eigenvalue weighted by molar-refractivity contribution is -0.113. The fourth-order valence-corrected chi connectivity index (χ4v) is 5.10. The van der Waals surface area contributed by atoms with E-state index in [0.29, 0.717) is 27.4 Å². The Kier molecular flexibility index (Phi) is 5.53. The Bertz CT molecular complexity index is 1390. The van der Waals surface area contributed by atoms with Crippen molar-refractivity contribution in [2.75, 3.05) is 11.4 Å². The number of rotatable bonds is 7. The average Bonchev–Trinajstić information content (AvgIpc) is 3.45. The van der Waals surface area contributed by atoms with Crippen LogP contribution in [0.5, 0.6) is 0 Å². The van der Waals surface area contributed by atoms with Crippen LogP contribution in [-0.4, -0.2) is 32.0 Å². The van der Waals surface area contributed by atoms with E-state index in [4.69, 9.17) is 0 Å². The van der Waals surface area contributed by atoms with Crippen molar-refractivity contribution in [3.63, 3.8) is 0 Å². The summed E-state index contributed by atoms with van der Waals surface area (Å²) in [5.74, 6) is 0.334. The second kappa shape index (κ2) is 8.63. The van der Waals surface area contributed by atoms with Gasteiger partial charge in [-0.3, -0.25) is 14.6 Å². The number of carbonyl (C=O) groups excluding carboxylic acids is 1. The highest BCUT2D eigenvalue weighted by Gasteiger charge is 2.33. The summed E-state index contributed by atoms with van der Waals surface area (Å²) in [5.41, 5.74) is 2.57. The maximum atomic E-state index is 13.4. The lowest BCUT2D eigenvalue weighted by Crippen LogP contribution is -2.33. The van der Waals surface area contributed by atoms with E-state index in [-0.39, 0.29) is 11.5 Å². The van der Waals surface area contributed by atoms with Gasteiger partial charge in [0.05, 0.1) is 11.3 Å². The van der Waals surface area contributed by atoms with Crippen molar-refractivity contribution in [2.24, 2.45) is 0 Å². The summed E-state index contributed by atoms with van der Waals surface area (Å²) in [5, 5.41) is 4.38. The fraction of sp³-hybridized carbons (Fsp3) is 0.292. The van der Waals surface area contributed by atoms with E-state index in [0.717, 1.165) is 29.7 Å². The molecule has 7 nitrogen and oxygen atoms in total. The number of unbranched alkanes of at least 4 members (excludes halogenated alkanes) is 4. The molecule has 5 rings (SSSR count). The first kappa shape index (κ1) is 20.5. The molecule has 3 aromatic heterocycles. The first-order chi connectivity index (χ1) is 15.7. The van der Waals surface area contributed by atoms with Gasteiger partial charge in [-0.25, -0.2) is 0 Å². The molecule has 0 atom stereocenters. The number of hydrogen-bond acceptors (Lipinski definition) is 6. The van der Waals surface area contributed by atoms with Crippen molar-refractivity contribution in [2.45, 2.75) is 39.0 Å². The summed E-state index contributed by atoms with van der Waals surface area (Å²) in [6.07, 6.45) is 8.95. The molecule has 0 bridgehead atoms. The number of fused-ring (bicyclic) bond motifs is 2. The molecular weight excluding hydrogens is 422 g/mol. The van der Waals surface area contributed by atoms with Crippen LogP contribution in [0.15, 0.2) is 53.6 Å². The largest absolute Gasteiger partial charge is 0.308 e. The Morgan fingerprint density at radius 1 is 1.00 bits per heavy atom. The normalized spacial score (nSPS) is 15.0. The first-order valence-electron chi connectivity index (χ1n) is 10.9. The van der Waals surface area contributed by atoms with Gasteiger partial charge >= 0.3 is 0 Å². The second-order valence-electron chi connectivity index (χ2n) is 7.87. The zero-order valence-corrected chi connectivity index (χ0v) is 18.6. The minimum Gasteiger partial charge on any atom is -0.308 e. The van der Waals surface area contributed by atoms with Gasteiger partial charge in [0, 0.05) is 30.1 Å². The highest BCUT2D eigenvalue weighted by atomic mass is 32.1. The Labute approximate surface area is 189 Å². The van der Waals surface area contributed by atoms with Gasteiger partial charge in [0.1, 0.15) is 4.53 Å². The molecule has 0 saturated heterocycles. The predicted molar refractivity (Wildman–Crippen MR) is 126 cm³/mol. The number of nitrogens with zero attached hydrogens (tertiary/aromatic N) is 5. The van der Waals surface area contributed by atoms with E-state index in [1.54, 1.807) is 18.5 Å². The van der Waals surface area contributed by atoms with E-state index < -0.39 is 0 Å².